The second-order valence-corrected chi connectivity index (χ2v) is 3.22. The van der Waals surface area contributed by atoms with Crippen molar-refractivity contribution in [2.24, 2.45) is 11.8 Å². The molecule has 2 aliphatic rings. The molecule has 2 rings (SSSR count). The van der Waals surface area contributed by atoms with Gasteiger partial charge in [0.1, 0.15) is 0 Å². The molecule has 1 aliphatic carbocycles. The Kier molecular flexibility index (Phi) is 1.46. The van der Waals surface area contributed by atoms with Crippen molar-refractivity contribution in [1.29, 1.82) is 0 Å². The summed E-state index contributed by atoms with van der Waals surface area (Å²) < 4.78 is 0. The summed E-state index contributed by atoms with van der Waals surface area (Å²) in [5.74, 6) is 1.35. The summed E-state index contributed by atoms with van der Waals surface area (Å²) in [6, 6.07) is 0.432. The number of nitrogens with one attached hydrogen (secondary N) is 2. The molecule has 3 heteroatoms. The number of carbonyl (C=O) groups is 1. The molecule has 3 nitrogen and oxygen atoms in total. The summed E-state index contributed by atoms with van der Waals surface area (Å²) in [6.07, 6.45) is 1.33. The average molecular weight is 152 g/mol. The third-order valence-electron chi connectivity index (χ3n) is 2.59. The maximum Gasteiger partial charge on any atom is 0.243 e. The van der Waals surface area contributed by atoms with Crippen LogP contribution in [-0.4, -0.2) is 25.0 Å². The molecular formula is C8H12N2O. The van der Waals surface area contributed by atoms with Crippen molar-refractivity contribution < 1.29 is 4.79 Å². The molecule has 1 heterocycles. The highest BCUT2D eigenvalue weighted by atomic mass is 16.1. The Balaban J connectivity index is 1.83. The van der Waals surface area contributed by atoms with Gasteiger partial charge in [-0.15, -0.1) is 0 Å². The standard InChI is InChI=1S/C8H12N2O/c1-2-7(11)10-8-5-3-9-4-6(5)8/h2,5-6,8-9H,1,3-4H2,(H,10,11). The maximum absolute atomic E-state index is 10.8. The third-order valence-corrected chi connectivity index (χ3v) is 2.59. The van der Waals surface area contributed by atoms with Gasteiger partial charge in [-0.25, -0.2) is 0 Å². The minimum Gasteiger partial charge on any atom is -0.349 e. The van der Waals surface area contributed by atoms with Crippen LogP contribution in [0.4, 0.5) is 0 Å². The number of hydrogen-bond donors (Lipinski definition) is 2. The smallest absolute Gasteiger partial charge is 0.243 e. The Labute approximate surface area is 65.9 Å². The summed E-state index contributed by atoms with van der Waals surface area (Å²) >= 11 is 0. The molecule has 0 bridgehead atoms. The molecular weight excluding hydrogens is 140 g/mol. The zero-order valence-corrected chi connectivity index (χ0v) is 6.34. The van der Waals surface area contributed by atoms with E-state index in [1.54, 1.807) is 0 Å². The molecule has 0 radical (unpaired) electrons. The van der Waals surface area contributed by atoms with Crippen molar-refractivity contribution in [3.05, 3.63) is 12.7 Å². The van der Waals surface area contributed by atoms with Crippen LogP contribution in [0.1, 0.15) is 0 Å². The Morgan fingerprint density at radius 2 is 2.18 bits per heavy atom. The minimum absolute atomic E-state index is 0.0376. The van der Waals surface area contributed by atoms with Crippen LogP contribution in [0.5, 0.6) is 0 Å². The van der Waals surface area contributed by atoms with Gasteiger partial charge in [0.2, 0.25) is 5.91 Å². The second kappa shape index (κ2) is 2.34. The lowest BCUT2D eigenvalue weighted by Gasteiger charge is -2.03. The summed E-state index contributed by atoms with van der Waals surface area (Å²) in [7, 11) is 0. The van der Waals surface area contributed by atoms with Gasteiger partial charge in [0, 0.05) is 19.1 Å². The molecule has 0 aromatic carbocycles. The van der Waals surface area contributed by atoms with E-state index in [2.05, 4.69) is 17.2 Å². The predicted octanol–water partition coefficient (Wildman–Crippen LogP) is -0.494. The van der Waals surface area contributed by atoms with Crippen LogP contribution in [-0.2, 0) is 4.79 Å². The molecule has 60 valence electrons. The molecule has 0 aromatic heterocycles. The lowest BCUT2D eigenvalue weighted by molar-refractivity contribution is -0.116. The molecule has 0 spiro atoms. The van der Waals surface area contributed by atoms with Crippen molar-refractivity contribution in [1.82, 2.24) is 10.6 Å². The van der Waals surface area contributed by atoms with E-state index in [-0.39, 0.29) is 5.91 Å². The van der Waals surface area contributed by atoms with Crippen molar-refractivity contribution in [2.75, 3.05) is 13.1 Å². The van der Waals surface area contributed by atoms with Crippen LogP contribution >= 0.6 is 0 Å². The molecule has 2 unspecified atom stereocenters. The van der Waals surface area contributed by atoms with Crippen molar-refractivity contribution >= 4 is 5.91 Å². The largest absolute Gasteiger partial charge is 0.349 e. The van der Waals surface area contributed by atoms with E-state index in [0.717, 1.165) is 13.1 Å². The van der Waals surface area contributed by atoms with E-state index in [1.165, 1.54) is 6.08 Å². The van der Waals surface area contributed by atoms with Gasteiger partial charge in [-0.05, 0) is 17.9 Å². The molecule has 1 saturated heterocycles. The van der Waals surface area contributed by atoms with Gasteiger partial charge in [-0.2, -0.15) is 0 Å². The van der Waals surface area contributed by atoms with Gasteiger partial charge in [0.05, 0.1) is 0 Å². The minimum atomic E-state index is -0.0376. The summed E-state index contributed by atoms with van der Waals surface area (Å²) in [6.45, 7) is 5.53. The number of fused-ring (bicyclic) bond motifs is 1. The Bertz CT molecular complexity index is 192. The van der Waals surface area contributed by atoms with Crippen LogP contribution in [0.15, 0.2) is 12.7 Å². The first kappa shape index (κ1) is 6.85. The van der Waals surface area contributed by atoms with Gasteiger partial charge in [-0.3, -0.25) is 4.79 Å². The Hall–Kier alpha value is -0.830. The topological polar surface area (TPSA) is 41.1 Å². The number of hydrogen-bond acceptors (Lipinski definition) is 2. The highest BCUT2D eigenvalue weighted by Crippen LogP contribution is 2.41. The van der Waals surface area contributed by atoms with E-state index < -0.39 is 0 Å². The molecule has 0 aromatic rings. The molecule has 1 amide bonds. The van der Waals surface area contributed by atoms with E-state index in [4.69, 9.17) is 0 Å². The lowest BCUT2D eigenvalue weighted by Crippen LogP contribution is -2.31. The monoisotopic (exact) mass is 152 g/mol. The maximum atomic E-state index is 10.8. The van der Waals surface area contributed by atoms with E-state index in [1.807, 2.05) is 0 Å². The fourth-order valence-electron chi connectivity index (χ4n) is 1.86. The molecule has 1 aliphatic heterocycles. The molecule has 11 heavy (non-hydrogen) atoms. The third kappa shape index (κ3) is 1.05. The fourth-order valence-corrected chi connectivity index (χ4v) is 1.86. The SMILES string of the molecule is C=CC(=O)NC1C2CNCC21. The first-order chi connectivity index (χ1) is 5.33. The first-order valence-corrected chi connectivity index (χ1v) is 3.96. The zero-order chi connectivity index (χ0) is 7.84. The average Bonchev–Trinajstić information content (AvgIpc) is 2.52. The fraction of sp³-hybridized carbons (Fsp3) is 0.625. The molecule has 2 N–H and O–H groups in total. The van der Waals surface area contributed by atoms with Crippen molar-refractivity contribution in [3.8, 4) is 0 Å². The normalized spacial score (nSPS) is 39.5. The van der Waals surface area contributed by atoms with Crippen LogP contribution in [0, 0.1) is 11.8 Å². The zero-order valence-electron chi connectivity index (χ0n) is 6.34. The number of amides is 1. The number of rotatable bonds is 2. The predicted molar refractivity (Wildman–Crippen MR) is 42.0 cm³/mol. The van der Waals surface area contributed by atoms with E-state index >= 15 is 0 Å². The van der Waals surface area contributed by atoms with Gasteiger partial charge in [0.15, 0.2) is 0 Å². The summed E-state index contributed by atoms with van der Waals surface area (Å²) in [5, 5.41) is 6.17. The Morgan fingerprint density at radius 3 is 2.73 bits per heavy atom. The van der Waals surface area contributed by atoms with Crippen molar-refractivity contribution in [3.63, 3.8) is 0 Å². The van der Waals surface area contributed by atoms with Gasteiger partial charge in [-0.1, -0.05) is 6.58 Å². The lowest BCUT2D eigenvalue weighted by atomic mass is 10.4. The highest BCUT2D eigenvalue weighted by molar-refractivity contribution is 5.87. The second-order valence-electron chi connectivity index (χ2n) is 3.22. The van der Waals surface area contributed by atoms with E-state index in [9.17, 15) is 4.79 Å². The molecule has 2 atom stereocenters. The van der Waals surface area contributed by atoms with Crippen LogP contribution in [0.2, 0.25) is 0 Å². The first-order valence-electron chi connectivity index (χ1n) is 3.96. The molecule has 1 saturated carbocycles. The van der Waals surface area contributed by atoms with Gasteiger partial charge >= 0.3 is 0 Å². The van der Waals surface area contributed by atoms with Crippen molar-refractivity contribution in [2.45, 2.75) is 6.04 Å². The highest BCUT2D eigenvalue weighted by Gasteiger charge is 2.53. The quantitative estimate of drug-likeness (QED) is 0.524. The van der Waals surface area contributed by atoms with Crippen LogP contribution in [0.3, 0.4) is 0 Å². The number of carbonyl (C=O) groups excluding carboxylic acids is 1. The Morgan fingerprint density at radius 1 is 1.55 bits per heavy atom. The van der Waals surface area contributed by atoms with Crippen LogP contribution in [0.25, 0.3) is 0 Å². The van der Waals surface area contributed by atoms with E-state index in [0.29, 0.717) is 17.9 Å². The molecule has 2 fully saturated rings. The number of piperidine rings is 1. The van der Waals surface area contributed by atoms with Crippen LogP contribution < -0.4 is 10.6 Å². The van der Waals surface area contributed by atoms with Gasteiger partial charge in [0.25, 0.3) is 0 Å². The summed E-state index contributed by atoms with van der Waals surface area (Å²) in [5.41, 5.74) is 0. The summed E-state index contributed by atoms with van der Waals surface area (Å²) in [4.78, 5) is 10.8. The van der Waals surface area contributed by atoms with Gasteiger partial charge < -0.3 is 10.6 Å².